The van der Waals surface area contributed by atoms with Gasteiger partial charge in [0.1, 0.15) is 12.4 Å². The summed E-state index contributed by atoms with van der Waals surface area (Å²) in [5.74, 6) is 0.944. The SMILES string of the molecule is CCOCCOc1ccc(S(=O)(=O)NC(C)(CN)CC(C)C)cc1.Cl. The molecule has 0 saturated heterocycles. The first-order valence-corrected chi connectivity index (χ1v) is 9.75. The summed E-state index contributed by atoms with van der Waals surface area (Å²) >= 11 is 0. The Kier molecular flexibility index (Phi) is 10.6. The van der Waals surface area contributed by atoms with Gasteiger partial charge < -0.3 is 15.2 Å². The zero-order valence-electron chi connectivity index (χ0n) is 15.4. The molecule has 0 aliphatic carbocycles. The van der Waals surface area contributed by atoms with Gasteiger partial charge in [-0.1, -0.05) is 13.8 Å². The molecule has 1 atom stereocenters. The summed E-state index contributed by atoms with van der Waals surface area (Å²) in [5.41, 5.74) is 5.12. The van der Waals surface area contributed by atoms with Crippen LogP contribution in [0.5, 0.6) is 5.75 Å². The van der Waals surface area contributed by atoms with Crippen LogP contribution in [0.15, 0.2) is 29.2 Å². The maximum Gasteiger partial charge on any atom is 0.241 e. The molecular weight excluding hydrogens is 364 g/mol. The lowest BCUT2D eigenvalue weighted by atomic mass is 9.92. The summed E-state index contributed by atoms with van der Waals surface area (Å²) < 4.78 is 38.6. The van der Waals surface area contributed by atoms with Crippen molar-refractivity contribution >= 4 is 22.4 Å². The van der Waals surface area contributed by atoms with E-state index in [2.05, 4.69) is 4.72 Å². The Morgan fingerprint density at radius 3 is 2.28 bits per heavy atom. The zero-order valence-corrected chi connectivity index (χ0v) is 17.1. The summed E-state index contributed by atoms with van der Waals surface area (Å²) in [6.45, 7) is 9.63. The van der Waals surface area contributed by atoms with Crippen LogP contribution in [-0.4, -0.2) is 40.3 Å². The minimum absolute atomic E-state index is 0. The molecule has 0 radical (unpaired) electrons. The molecule has 146 valence electrons. The van der Waals surface area contributed by atoms with Crippen molar-refractivity contribution in [3.63, 3.8) is 0 Å². The molecule has 25 heavy (non-hydrogen) atoms. The first kappa shape index (κ1) is 24.1. The lowest BCUT2D eigenvalue weighted by molar-refractivity contribution is 0.110. The molecule has 1 aromatic rings. The largest absolute Gasteiger partial charge is 0.491 e. The van der Waals surface area contributed by atoms with Crippen LogP contribution in [0.3, 0.4) is 0 Å². The summed E-state index contributed by atoms with van der Waals surface area (Å²) in [4.78, 5) is 0.197. The van der Waals surface area contributed by atoms with E-state index in [-0.39, 0.29) is 23.8 Å². The fourth-order valence-electron chi connectivity index (χ4n) is 2.53. The summed E-state index contributed by atoms with van der Waals surface area (Å²) in [6.07, 6.45) is 0.668. The fraction of sp³-hybridized carbons (Fsp3) is 0.647. The Morgan fingerprint density at radius 1 is 1.20 bits per heavy atom. The standard InChI is InChI=1S/C17H30N2O4S.ClH/c1-5-22-10-11-23-15-6-8-16(9-7-15)24(20,21)19-17(4,13-18)12-14(2)3;/h6-9,14,19H,5,10-13,18H2,1-4H3;1H. The van der Waals surface area contributed by atoms with E-state index in [9.17, 15) is 8.42 Å². The molecular formula is C17H31ClN2O4S. The number of halogens is 1. The molecule has 1 aromatic carbocycles. The average molecular weight is 395 g/mol. The maximum atomic E-state index is 12.6. The van der Waals surface area contributed by atoms with Crippen molar-refractivity contribution in [2.45, 2.75) is 44.6 Å². The zero-order chi connectivity index (χ0) is 18.2. The van der Waals surface area contributed by atoms with Crippen LogP contribution in [-0.2, 0) is 14.8 Å². The molecule has 0 amide bonds. The topological polar surface area (TPSA) is 90.6 Å². The molecule has 0 aliphatic heterocycles. The summed E-state index contributed by atoms with van der Waals surface area (Å²) in [5, 5.41) is 0. The Morgan fingerprint density at radius 2 is 1.80 bits per heavy atom. The molecule has 0 heterocycles. The minimum atomic E-state index is -3.63. The van der Waals surface area contributed by atoms with E-state index in [1.807, 2.05) is 27.7 Å². The van der Waals surface area contributed by atoms with Gasteiger partial charge in [0.15, 0.2) is 0 Å². The van der Waals surface area contributed by atoms with Crippen LogP contribution in [0.1, 0.15) is 34.1 Å². The number of ether oxygens (including phenoxy) is 2. The second-order valence-corrected chi connectivity index (χ2v) is 8.17. The third-order valence-corrected chi connectivity index (χ3v) is 5.18. The van der Waals surface area contributed by atoms with Gasteiger partial charge in [0.25, 0.3) is 0 Å². The highest BCUT2D eigenvalue weighted by atomic mass is 35.5. The number of hydrogen-bond donors (Lipinski definition) is 2. The van der Waals surface area contributed by atoms with E-state index in [1.165, 1.54) is 12.1 Å². The van der Waals surface area contributed by atoms with Gasteiger partial charge in [0.2, 0.25) is 10.0 Å². The minimum Gasteiger partial charge on any atom is -0.491 e. The summed E-state index contributed by atoms with van der Waals surface area (Å²) in [7, 11) is -3.63. The van der Waals surface area contributed by atoms with Gasteiger partial charge in [0.05, 0.1) is 11.5 Å². The number of nitrogens with one attached hydrogen (secondary N) is 1. The van der Waals surface area contributed by atoms with E-state index in [4.69, 9.17) is 15.2 Å². The molecule has 3 N–H and O–H groups in total. The Bertz CT molecular complexity index is 593. The van der Waals surface area contributed by atoms with Crippen LogP contribution < -0.4 is 15.2 Å². The molecule has 6 nitrogen and oxygen atoms in total. The highest BCUT2D eigenvalue weighted by Gasteiger charge is 2.30. The number of hydrogen-bond acceptors (Lipinski definition) is 5. The van der Waals surface area contributed by atoms with Crippen LogP contribution in [0, 0.1) is 5.92 Å². The van der Waals surface area contributed by atoms with E-state index in [0.29, 0.717) is 37.9 Å². The van der Waals surface area contributed by atoms with Crippen molar-refractivity contribution in [2.75, 3.05) is 26.4 Å². The van der Waals surface area contributed by atoms with Crippen molar-refractivity contribution in [3.05, 3.63) is 24.3 Å². The number of rotatable bonds is 11. The quantitative estimate of drug-likeness (QED) is 0.563. The second-order valence-electron chi connectivity index (χ2n) is 6.49. The first-order chi connectivity index (χ1) is 11.2. The molecule has 1 unspecified atom stereocenters. The van der Waals surface area contributed by atoms with E-state index in [0.717, 1.165) is 0 Å². The van der Waals surface area contributed by atoms with Crippen molar-refractivity contribution < 1.29 is 17.9 Å². The van der Waals surface area contributed by atoms with Crippen LogP contribution >= 0.6 is 12.4 Å². The summed E-state index contributed by atoms with van der Waals surface area (Å²) in [6, 6.07) is 6.35. The van der Waals surface area contributed by atoms with Gasteiger partial charge in [0, 0.05) is 18.7 Å². The molecule has 0 saturated carbocycles. The second kappa shape index (κ2) is 11.0. The molecule has 0 aromatic heterocycles. The molecule has 0 aliphatic rings. The van der Waals surface area contributed by atoms with Crippen molar-refractivity contribution in [1.82, 2.24) is 4.72 Å². The monoisotopic (exact) mass is 394 g/mol. The predicted molar refractivity (Wildman–Crippen MR) is 103 cm³/mol. The van der Waals surface area contributed by atoms with Gasteiger partial charge in [-0.2, -0.15) is 0 Å². The smallest absolute Gasteiger partial charge is 0.241 e. The van der Waals surface area contributed by atoms with Crippen molar-refractivity contribution in [3.8, 4) is 5.75 Å². The number of sulfonamides is 1. The molecule has 0 fully saturated rings. The highest BCUT2D eigenvalue weighted by Crippen LogP contribution is 2.21. The lowest BCUT2D eigenvalue weighted by Crippen LogP contribution is -2.51. The van der Waals surface area contributed by atoms with Gasteiger partial charge in [-0.25, -0.2) is 13.1 Å². The van der Waals surface area contributed by atoms with Crippen LogP contribution in [0.2, 0.25) is 0 Å². The van der Waals surface area contributed by atoms with Crippen LogP contribution in [0.25, 0.3) is 0 Å². The van der Waals surface area contributed by atoms with Crippen LogP contribution in [0.4, 0.5) is 0 Å². The molecule has 1 rings (SSSR count). The van der Waals surface area contributed by atoms with E-state index in [1.54, 1.807) is 12.1 Å². The first-order valence-electron chi connectivity index (χ1n) is 8.27. The van der Waals surface area contributed by atoms with Gasteiger partial charge in [-0.3, -0.25) is 0 Å². The third-order valence-electron chi connectivity index (χ3n) is 3.52. The van der Waals surface area contributed by atoms with Crippen molar-refractivity contribution in [2.24, 2.45) is 11.7 Å². The number of nitrogens with two attached hydrogens (primary N) is 1. The Labute approximate surface area is 157 Å². The maximum absolute atomic E-state index is 12.6. The van der Waals surface area contributed by atoms with E-state index >= 15 is 0 Å². The molecule has 0 bridgehead atoms. The predicted octanol–water partition coefficient (Wildman–Crippen LogP) is 2.57. The van der Waals surface area contributed by atoms with Gasteiger partial charge >= 0.3 is 0 Å². The lowest BCUT2D eigenvalue weighted by Gasteiger charge is -2.30. The number of benzene rings is 1. The van der Waals surface area contributed by atoms with Gasteiger partial charge in [-0.15, -0.1) is 12.4 Å². The third kappa shape index (κ3) is 8.37. The van der Waals surface area contributed by atoms with E-state index < -0.39 is 15.6 Å². The Balaban J connectivity index is 0.00000576. The fourth-order valence-corrected chi connectivity index (χ4v) is 3.96. The van der Waals surface area contributed by atoms with Gasteiger partial charge in [-0.05, 0) is 50.5 Å². The van der Waals surface area contributed by atoms with Crippen molar-refractivity contribution in [1.29, 1.82) is 0 Å². The molecule has 0 spiro atoms. The highest BCUT2D eigenvalue weighted by molar-refractivity contribution is 7.89. The normalized spacial score (nSPS) is 14.0. The Hall–Kier alpha value is -0.860. The average Bonchev–Trinajstić information content (AvgIpc) is 2.51. The molecule has 8 heteroatoms.